The predicted octanol–water partition coefficient (Wildman–Crippen LogP) is 1.39. The number of piperidine rings is 1. The van der Waals surface area contributed by atoms with E-state index < -0.39 is 5.66 Å². The van der Waals surface area contributed by atoms with Gasteiger partial charge in [0.1, 0.15) is 11.4 Å². The Morgan fingerprint density at radius 3 is 2.63 bits per heavy atom. The van der Waals surface area contributed by atoms with Gasteiger partial charge in [0.25, 0.3) is 11.5 Å². The van der Waals surface area contributed by atoms with Crippen LogP contribution in [-0.2, 0) is 5.66 Å². The number of nitrogens with one attached hydrogen (secondary N) is 1. The van der Waals surface area contributed by atoms with E-state index in [1.165, 1.54) is 10.6 Å². The van der Waals surface area contributed by atoms with Gasteiger partial charge >= 0.3 is 0 Å². The van der Waals surface area contributed by atoms with Crippen LogP contribution in [0.4, 0.5) is 0 Å². The van der Waals surface area contributed by atoms with Crippen molar-refractivity contribution in [2.75, 3.05) is 20.1 Å². The SMILES string of the molecule is CN1CCC2(CC1)NC(=O)c1c(Cl)cc(Br)c(=O)n12. The first kappa shape index (κ1) is 13.1. The lowest BCUT2D eigenvalue weighted by atomic mass is 9.97. The Bertz CT molecular complexity index is 620. The number of pyridine rings is 1. The maximum Gasteiger partial charge on any atom is 0.271 e. The van der Waals surface area contributed by atoms with E-state index >= 15 is 0 Å². The van der Waals surface area contributed by atoms with E-state index in [1.54, 1.807) is 0 Å². The number of carbonyl (C=O) groups excluding carboxylic acids is 1. The standard InChI is InChI=1S/C12H13BrClN3O2/c1-16-4-2-12(3-5-16)15-10(18)9-8(14)6-7(13)11(19)17(9)12/h6H,2-5H2,1H3,(H,15,18). The summed E-state index contributed by atoms with van der Waals surface area (Å²) in [5, 5.41) is 3.26. The molecule has 0 unspecified atom stereocenters. The van der Waals surface area contributed by atoms with Gasteiger partial charge < -0.3 is 10.2 Å². The molecule has 1 aromatic rings. The van der Waals surface area contributed by atoms with E-state index in [2.05, 4.69) is 26.1 Å². The summed E-state index contributed by atoms with van der Waals surface area (Å²) in [4.78, 5) is 26.7. The van der Waals surface area contributed by atoms with Gasteiger partial charge in [-0.15, -0.1) is 0 Å². The highest BCUT2D eigenvalue weighted by Gasteiger charge is 2.46. The number of likely N-dealkylation sites (tertiary alicyclic amines) is 1. The molecule has 0 aliphatic carbocycles. The Labute approximate surface area is 123 Å². The molecule has 3 heterocycles. The molecule has 1 amide bonds. The molecule has 1 spiro atoms. The molecular weight excluding hydrogens is 334 g/mol. The third-order valence-electron chi connectivity index (χ3n) is 3.91. The largest absolute Gasteiger partial charge is 0.327 e. The molecular formula is C12H13BrClN3O2. The first-order chi connectivity index (χ1) is 8.94. The lowest BCUT2D eigenvalue weighted by molar-refractivity contribution is 0.0798. The Morgan fingerprint density at radius 2 is 2.00 bits per heavy atom. The van der Waals surface area contributed by atoms with Gasteiger partial charge in [0.2, 0.25) is 0 Å². The number of rotatable bonds is 0. The van der Waals surface area contributed by atoms with Crippen LogP contribution >= 0.6 is 27.5 Å². The van der Waals surface area contributed by atoms with Crippen LogP contribution in [0.3, 0.4) is 0 Å². The summed E-state index contributed by atoms with van der Waals surface area (Å²) in [7, 11) is 2.03. The number of aromatic nitrogens is 1. The molecule has 2 aliphatic heterocycles. The molecule has 1 N–H and O–H groups in total. The molecule has 0 bridgehead atoms. The fourth-order valence-electron chi connectivity index (χ4n) is 2.84. The maximum atomic E-state index is 12.4. The average molecular weight is 347 g/mol. The third kappa shape index (κ3) is 1.85. The Hall–Kier alpha value is -0.850. The van der Waals surface area contributed by atoms with Crippen molar-refractivity contribution in [3.63, 3.8) is 0 Å². The second kappa shape index (κ2) is 4.33. The highest BCUT2D eigenvalue weighted by atomic mass is 79.9. The van der Waals surface area contributed by atoms with Crippen LogP contribution in [0.15, 0.2) is 15.3 Å². The predicted molar refractivity (Wildman–Crippen MR) is 75.6 cm³/mol. The van der Waals surface area contributed by atoms with E-state index in [9.17, 15) is 9.59 Å². The molecule has 7 heteroatoms. The first-order valence-electron chi connectivity index (χ1n) is 6.07. The van der Waals surface area contributed by atoms with Gasteiger partial charge in [-0.1, -0.05) is 11.6 Å². The number of nitrogens with zero attached hydrogens (tertiary/aromatic N) is 2. The zero-order valence-electron chi connectivity index (χ0n) is 10.4. The van der Waals surface area contributed by atoms with E-state index in [-0.39, 0.29) is 17.2 Å². The zero-order valence-corrected chi connectivity index (χ0v) is 12.7. The van der Waals surface area contributed by atoms with Crippen molar-refractivity contribution in [2.24, 2.45) is 0 Å². The number of hydrogen-bond donors (Lipinski definition) is 1. The summed E-state index contributed by atoms with van der Waals surface area (Å²) in [6, 6.07) is 1.49. The van der Waals surface area contributed by atoms with Gasteiger partial charge in [0.05, 0.1) is 9.50 Å². The summed E-state index contributed by atoms with van der Waals surface area (Å²) in [5.74, 6) is -0.265. The van der Waals surface area contributed by atoms with Crippen LogP contribution in [0.1, 0.15) is 23.3 Å². The van der Waals surface area contributed by atoms with Crippen LogP contribution in [0.5, 0.6) is 0 Å². The van der Waals surface area contributed by atoms with Crippen molar-refractivity contribution >= 4 is 33.4 Å². The summed E-state index contributed by atoms with van der Waals surface area (Å²) in [6.45, 7) is 1.66. The molecule has 1 aromatic heterocycles. The minimum absolute atomic E-state index is 0.206. The van der Waals surface area contributed by atoms with Gasteiger partial charge in [-0.25, -0.2) is 0 Å². The van der Waals surface area contributed by atoms with E-state index in [4.69, 9.17) is 11.6 Å². The fourth-order valence-corrected chi connectivity index (χ4v) is 3.66. The number of fused-ring (bicyclic) bond motifs is 2. The second-order valence-electron chi connectivity index (χ2n) is 5.12. The molecule has 2 aliphatic rings. The molecule has 0 atom stereocenters. The molecule has 0 radical (unpaired) electrons. The number of halogens is 2. The molecule has 3 rings (SSSR count). The molecule has 102 valence electrons. The average Bonchev–Trinajstić information content (AvgIpc) is 2.64. The van der Waals surface area contributed by atoms with Crippen molar-refractivity contribution in [1.82, 2.24) is 14.8 Å². The lowest BCUT2D eigenvalue weighted by Gasteiger charge is -2.38. The maximum absolute atomic E-state index is 12.4. The molecule has 0 saturated carbocycles. The van der Waals surface area contributed by atoms with Crippen LogP contribution < -0.4 is 10.9 Å². The van der Waals surface area contributed by atoms with Crippen molar-refractivity contribution in [3.8, 4) is 0 Å². The van der Waals surface area contributed by atoms with Crippen LogP contribution in [0.25, 0.3) is 0 Å². The highest BCUT2D eigenvalue weighted by molar-refractivity contribution is 9.10. The summed E-state index contributed by atoms with van der Waals surface area (Å²) in [6.07, 6.45) is 1.41. The minimum Gasteiger partial charge on any atom is -0.327 e. The van der Waals surface area contributed by atoms with Crippen molar-refractivity contribution in [1.29, 1.82) is 0 Å². The molecule has 1 fully saturated rings. The first-order valence-corrected chi connectivity index (χ1v) is 7.24. The molecule has 5 nitrogen and oxygen atoms in total. The van der Waals surface area contributed by atoms with Crippen molar-refractivity contribution in [3.05, 3.63) is 31.6 Å². The van der Waals surface area contributed by atoms with Gasteiger partial charge in [0, 0.05) is 25.9 Å². The van der Waals surface area contributed by atoms with Crippen LogP contribution in [0.2, 0.25) is 5.02 Å². The molecule has 1 saturated heterocycles. The van der Waals surface area contributed by atoms with Crippen molar-refractivity contribution < 1.29 is 4.79 Å². The van der Waals surface area contributed by atoms with E-state index in [0.717, 1.165) is 13.1 Å². The normalized spacial score (nSPS) is 21.5. The van der Waals surface area contributed by atoms with Gasteiger partial charge in [-0.3, -0.25) is 14.2 Å². The zero-order chi connectivity index (χ0) is 13.8. The summed E-state index contributed by atoms with van der Waals surface area (Å²) >= 11 is 9.33. The quantitative estimate of drug-likeness (QED) is 0.772. The topological polar surface area (TPSA) is 54.3 Å². The summed E-state index contributed by atoms with van der Waals surface area (Å²) in [5.41, 5.74) is -0.551. The monoisotopic (exact) mass is 345 g/mol. The van der Waals surface area contributed by atoms with E-state index in [0.29, 0.717) is 22.3 Å². The Kier molecular flexibility index (Phi) is 2.99. The Balaban J connectivity index is 2.21. The van der Waals surface area contributed by atoms with Gasteiger partial charge in [0.15, 0.2) is 0 Å². The Morgan fingerprint density at radius 1 is 1.37 bits per heavy atom. The fraction of sp³-hybridized carbons (Fsp3) is 0.500. The molecule has 19 heavy (non-hydrogen) atoms. The third-order valence-corrected chi connectivity index (χ3v) is 4.77. The minimum atomic E-state index is -0.622. The molecule has 0 aromatic carbocycles. The van der Waals surface area contributed by atoms with Crippen LogP contribution in [-0.4, -0.2) is 35.5 Å². The number of carbonyl (C=O) groups is 1. The summed E-state index contributed by atoms with van der Waals surface area (Å²) < 4.78 is 1.92. The van der Waals surface area contributed by atoms with Crippen molar-refractivity contribution in [2.45, 2.75) is 18.5 Å². The van der Waals surface area contributed by atoms with Gasteiger partial charge in [-0.2, -0.15) is 0 Å². The smallest absolute Gasteiger partial charge is 0.271 e. The van der Waals surface area contributed by atoms with E-state index in [1.807, 2.05) is 7.05 Å². The number of hydrogen-bond acceptors (Lipinski definition) is 3. The number of amides is 1. The second-order valence-corrected chi connectivity index (χ2v) is 6.38. The van der Waals surface area contributed by atoms with Gasteiger partial charge in [-0.05, 0) is 29.0 Å². The van der Waals surface area contributed by atoms with Crippen LogP contribution in [0, 0.1) is 0 Å². The lowest BCUT2D eigenvalue weighted by Crippen LogP contribution is -2.53. The highest BCUT2D eigenvalue weighted by Crippen LogP contribution is 2.35.